The van der Waals surface area contributed by atoms with Crippen molar-refractivity contribution in [2.45, 2.75) is 53.1 Å². The van der Waals surface area contributed by atoms with Gasteiger partial charge in [-0.15, -0.1) is 0 Å². The molecule has 0 N–H and O–H groups in total. The van der Waals surface area contributed by atoms with Crippen LogP contribution in [-0.2, 0) is 14.3 Å². The molecule has 1 heterocycles. The van der Waals surface area contributed by atoms with E-state index in [0.717, 1.165) is 22.3 Å². The summed E-state index contributed by atoms with van der Waals surface area (Å²) in [7, 11) is 4.58. The maximum atomic E-state index is 13.3. The maximum absolute atomic E-state index is 13.3. The van der Waals surface area contributed by atoms with Gasteiger partial charge in [-0.2, -0.15) is 0 Å². The fourth-order valence-corrected chi connectivity index (χ4v) is 4.72. The smallest absolute Gasteiger partial charge is 0.309 e. The van der Waals surface area contributed by atoms with Crippen LogP contribution in [-0.4, -0.2) is 50.1 Å². The van der Waals surface area contributed by atoms with Gasteiger partial charge in [0.25, 0.3) is 0 Å². The molecule has 9 heteroatoms. The first kappa shape index (κ1) is 31.1. The minimum Gasteiger partial charge on any atom is -0.496 e. The molecule has 3 rings (SSSR count). The summed E-state index contributed by atoms with van der Waals surface area (Å²) in [4.78, 5) is 42.3. The minimum atomic E-state index is -0.817. The lowest BCUT2D eigenvalue weighted by Crippen LogP contribution is -2.28. The van der Waals surface area contributed by atoms with E-state index in [2.05, 4.69) is 4.98 Å². The molecule has 9 nitrogen and oxygen atoms in total. The molecule has 2 aromatic carbocycles. The highest BCUT2D eigenvalue weighted by molar-refractivity contribution is 6.00. The van der Waals surface area contributed by atoms with E-state index in [-0.39, 0.29) is 23.6 Å². The highest BCUT2D eigenvalue weighted by Crippen LogP contribution is 2.41. The molecule has 2 atom stereocenters. The fourth-order valence-electron chi connectivity index (χ4n) is 4.72. The predicted octanol–water partition coefficient (Wildman–Crippen LogP) is 5.62. The van der Waals surface area contributed by atoms with E-state index >= 15 is 0 Å². The molecule has 0 bridgehead atoms. The number of aryl methyl sites for hydroxylation is 2. The van der Waals surface area contributed by atoms with E-state index in [1.807, 2.05) is 57.2 Å². The van der Waals surface area contributed by atoms with Crippen LogP contribution in [0.4, 0.5) is 0 Å². The number of rotatable bonds is 12. The number of hydrogen-bond acceptors (Lipinski definition) is 9. The van der Waals surface area contributed by atoms with E-state index < -0.39 is 35.7 Å². The monoisotopic (exact) mass is 563 g/mol. The topological polar surface area (TPSA) is 110 Å². The molecule has 0 spiro atoms. The highest BCUT2D eigenvalue weighted by atomic mass is 16.6. The van der Waals surface area contributed by atoms with Crippen LogP contribution in [0.15, 0.2) is 48.7 Å². The first-order valence-corrected chi connectivity index (χ1v) is 13.2. The van der Waals surface area contributed by atoms with Crippen molar-refractivity contribution in [2.24, 2.45) is 5.92 Å². The van der Waals surface area contributed by atoms with Gasteiger partial charge in [-0.3, -0.25) is 14.4 Å². The Hall–Kier alpha value is -4.40. The van der Waals surface area contributed by atoms with Gasteiger partial charge >= 0.3 is 11.9 Å². The number of ether oxygens (including phenoxy) is 5. The maximum Gasteiger partial charge on any atom is 0.309 e. The Morgan fingerprint density at radius 2 is 1.34 bits per heavy atom. The van der Waals surface area contributed by atoms with Crippen molar-refractivity contribution in [3.05, 3.63) is 76.6 Å². The summed E-state index contributed by atoms with van der Waals surface area (Å²) < 4.78 is 27.8. The van der Waals surface area contributed by atoms with E-state index in [1.165, 1.54) is 26.3 Å². The largest absolute Gasteiger partial charge is 0.496 e. The van der Waals surface area contributed by atoms with Crippen LogP contribution >= 0.6 is 0 Å². The van der Waals surface area contributed by atoms with Crippen LogP contribution in [0.5, 0.6) is 23.0 Å². The van der Waals surface area contributed by atoms with Crippen molar-refractivity contribution < 1.29 is 38.1 Å². The van der Waals surface area contributed by atoms with E-state index in [0.29, 0.717) is 11.5 Å². The quantitative estimate of drug-likeness (QED) is 0.205. The minimum absolute atomic E-state index is 0.0837. The molecule has 0 unspecified atom stereocenters. The number of methoxy groups -OCH3 is 3. The number of hydrogen-bond donors (Lipinski definition) is 0. The van der Waals surface area contributed by atoms with Crippen molar-refractivity contribution in [3.63, 3.8) is 0 Å². The zero-order chi connectivity index (χ0) is 30.3. The van der Waals surface area contributed by atoms with Gasteiger partial charge in [0.15, 0.2) is 17.2 Å². The number of carbonyl (C=O) groups is 3. The first-order chi connectivity index (χ1) is 19.5. The molecule has 0 fully saturated rings. The van der Waals surface area contributed by atoms with Gasteiger partial charge in [0.05, 0.1) is 33.2 Å². The van der Waals surface area contributed by atoms with Gasteiger partial charge in [0, 0.05) is 36.7 Å². The van der Waals surface area contributed by atoms with Crippen LogP contribution in [0.1, 0.15) is 65.9 Å². The summed E-state index contributed by atoms with van der Waals surface area (Å²) >= 11 is 0. The molecule has 0 aliphatic carbocycles. The second kappa shape index (κ2) is 13.8. The van der Waals surface area contributed by atoms with E-state index in [4.69, 9.17) is 23.7 Å². The van der Waals surface area contributed by atoms with Crippen LogP contribution in [0.25, 0.3) is 0 Å². The zero-order valence-corrected chi connectivity index (χ0v) is 24.8. The number of carbonyl (C=O) groups excluding carboxylic acids is 3. The zero-order valence-electron chi connectivity index (χ0n) is 24.8. The molecule has 3 aromatic rings. The first-order valence-electron chi connectivity index (χ1n) is 13.2. The summed E-state index contributed by atoms with van der Waals surface area (Å²) in [5.41, 5.74) is 3.62. The van der Waals surface area contributed by atoms with Crippen molar-refractivity contribution in [3.8, 4) is 23.0 Å². The molecule has 0 amide bonds. The SMILES string of the molecule is COc1ccc(C)cc1C(c1cc(C)ccc1OC)[C@H](C)OC(=O)[C@H](C)CC(=O)c1nccc(OC)c1OC(C)=O. The Labute approximate surface area is 240 Å². The Morgan fingerprint density at radius 1 is 0.805 bits per heavy atom. The van der Waals surface area contributed by atoms with Gasteiger partial charge in [-0.05, 0) is 32.9 Å². The average molecular weight is 564 g/mol. The number of benzene rings is 2. The second-order valence-electron chi connectivity index (χ2n) is 9.92. The Balaban J connectivity index is 1.92. The van der Waals surface area contributed by atoms with Crippen LogP contribution in [0.2, 0.25) is 0 Å². The van der Waals surface area contributed by atoms with Crippen molar-refractivity contribution in [1.82, 2.24) is 4.98 Å². The van der Waals surface area contributed by atoms with Gasteiger partial charge in [0.1, 0.15) is 17.6 Å². The van der Waals surface area contributed by atoms with Gasteiger partial charge in [-0.1, -0.05) is 42.3 Å². The Bertz CT molecular complexity index is 1360. The lowest BCUT2D eigenvalue weighted by Gasteiger charge is -2.29. The van der Waals surface area contributed by atoms with E-state index in [9.17, 15) is 14.4 Å². The number of nitrogens with zero attached hydrogens (tertiary/aromatic N) is 1. The standard InChI is InChI=1S/C32H37NO8/c1-18-9-11-26(37-6)23(15-18)29(24-16-19(2)10-12-27(24)38-7)21(4)40-32(36)20(3)17-25(35)30-31(41-22(5)34)28(39-8)13-14-33-30/h9-16,20-21,29H,17H2,1-8H3/t20-,21+/m1/s1. The summed E-state index contributed by atoms with van der Waals surface area (Å²) in [6.07, 6.45) is 0.503. The predicted molar refractivity (Wildman–Crippen MR) is 153 cm³/mol. The lowest BCUT2D eigenvalue weighted by molar-refractivity contribution is -0.153. The molecule has 0 radical (unpaired) electrons. The van der Waals surface area contributed by atoms with Crippen molar-refractivity contribution in [2.75, 3.05) is 21.3 Å². The van der Waals surface area contributed by atoms with E-state index in [1.54, 1.807) is 21.1 Å². The molecule has 0 saturated heterocycles. The molecular formula is C32H37NO8. The van der Waals surface area contributed by atoms with Crippen LogP contribution < -0.4 is 18.9 Å². The van der Waals surface area contributed by atoms with Crippen molar-refractivity contribution in [1.29, 1.82) is 0 Å². The van der Waals surface area contributed by atoms with Gasteiger partial charge in [0.2, 0.25) is 5.75 Å². The molecular weight excluding hydrogens is 526 g/mol. The Morgan fingerprint density at radius 3 is 1.83 bits per heavy atom. The third-order valence-corrected chi connectivity index (χ3v) is 6.70. The van der Waals surface area contributed by atoms with Crippen LogP contribution in [0, 0.1) is 19.8 Å². The molecule has 0 aliphatic heterocycles. The summed E-state index contributed by atoms with van der Waals surface area (Å²) in [6.45, 7) is 8.59. The van der Waals surface area contributed by atoms with Crippen molar-refractivity contribution >= 4 is 17.7 Å². The second-order valence-corrected chi connectivity index (χ2v) is 9.92. The number of pyridine rings is 1. The normalized spacial score (nSPS) is 12.3. The molecule has 1 aromatic heterocycles. The summed E-state index contributed by atoms with van der Waals surface area (Å²) in [6, 6.07) is 13.2. The third kappa shape index (κ3) is 7.42. The number of ketones is 1. The Kier molecular flexibility index (Phi) is 10.5. The average Bonchev–Trinajstić information content (AvgIpc) is 2.93. The molecule has 0 aliphatic rings. The summed E-state index contributed by atoms with van der Waals surface area (Å²) in [5, 5.41) is 0. The third-order valence-electron chi connectivity index (χ3n) is 6.70. The summed E-state index contributed by atoms with van der Waals surface area (Å²) in [5.74, 6) is -1.53. The highest BCUT2D eigenvalue weighted by Gasteiger charge is 2.32. The fraction of sp³-hybridized carbons (Fsp3) is 0.375. The number of aromatic nitrogens is 1. The number of esters is 2. The van der Waals surface area contributed by atoms with Gasteiger partial charge in [-0.25, -0.2) is 4.98 Å². The van der Waals surface area contributed by atoms with Gasteiger partial charge < -0.3 is 23.7 Å². The molecule has 218 valence electrons. The molecule has 0 saturated carbocycles. The van der Waals surface area contributed by atoms with Crippen LogP contribution in [0.3, 0.4) is 0 Å². The molecule has 41 heavy (non-hydrogen) atoms. The lowest BCUT2D eigenvalue weighted by atomic mass is 9.84. The number of Topliss-reactive ketones (excluding diaryl/α,β-unsaturated/α-hetero) is 1.